The van der Waals surface area contributed by atoms with Crippen LogP contribution in [0.3, 0.4) is 0 Å². The summed E-state index contributed by atoms with van der Waals surface area (Å²) in [6.45, 7) is 22.7. The molecule has 4 saturated carbocycles. The Balaban J connectivity index is 0.000000222. The van der Waals surface area contributed by atoms with E-state index >= 15 is 0 Å². The van der Waals surface area contributed by atoms with E-state index in [0.29, 0.717) is 72.7 Å². The summed E-state index contributed by atoms with van der Waals surface area (Å²) in [4.78, 5) is 173. The van der Waals surface area contributed by atoms with Gasteiger partial charge in [-0.2, -0.15) is 0 Å². The van der Waals surface area contributed by atoms with Crippen LogP contribution in [0.2, 0.25) is 0 Å². The van der Waals surface area contributed by atoms with Gasteiger partial charge in [0.2, 0.25) is 41.4 Å². The van der Waals surface area contributed by atoms with E-state index in [1.165, 1.54) is 60.6 Å². The van der Waals surface area contributed by atoms with Crippen LogP contribution >= 0.6 is 26.5 Å². The van der Waals surface area contributed by atoms with Crippen LogP contribution in [0.25, 0.3) is 44.6 Å². The predicted octanol–water partition coefficient (Wildman–Crippen LogP) is 9.81. The summed E-state index contributed by atoms with van der Waals surface area (Å²) in [5.74, 6) is -2.80. The highest BCUT2D eigenvalue weighted by Gasteiger charge is 2.68. The molecule has 0 radical (unpaired) electrons. The molecule has 2 aromatic carbocycles. The Morgan fingerprint density at radius 3 is 1.46 bits per heavy atom. The molecule has 12 rings (SSSR count). The van der Waals surface area contributed by atoms with E-state index in [1.54, 1.807) is 109 Å². The van der Waals surface area contributed by atoms with Crippen LogP contribution in [-0.4, -0.2) is 188 Å². The van der Waals surface area contributed by atoms with Gasteiger partial charge < -0.3 is 89.4 Å². The van der Waals surface area contributed by atoms with E-state index in [4.69, 9.17) is 38.4 Å². The van der Waals surface area contributed by atoms with Gasteiger partial charge in [-0.15, -0.1) is 24.5 Å². The van der Waals surface area contributed by atoms with Gasteiger partial charge in [0, 0.05) is 77.9 Å². The lowest BCUT2D eigenvalue weighted by atomic mass is 9.85. The summed E-state index contributed by atoms with van der Waals surface area (Å²) in [6.07, 6.45) is 7.27. The number of anilines is 2. The Bertz CT molecular complexity index is 4710. The number of aromatic amines is 1. The number of ether oxygens (including phenoxy) is 6. The van der Waals surface area contributed by atoms with Gasteiger partial charge in [-0.05, 0) is 99.3 Å². The van der Waals surface area contributed by atoms with Gasteiger partial charge in [0.05, 0.1) is 61.6 Å². The van der Waals surface area contributed by atoms with Crippen LogP contribution in [0, 0.1) is 28.6 Å². The van der Waals surface area contributed by atoms with Crippen molar-refractivity contribution in [3.05, 3.63) is 85.4 Å². The number of aromatic nitrogens is 5. The molecule has 11 N–H and O–H groups in total. The van der Waals surface area contributed by atoms with Crippen molar-refractivity contribution in [1.29, 1.82) is 0 Å². The van der Waals surface area contributed by atoms with Gasteiger partial charge in [0.25, 0.3) is 0 Å². The smallest absolute Gasteiger partial charge is 0.408 e. The number of H-pyrrole nitrogens is 1. The first kappa shape index (κ1) is 83.4. The molecule has 0 bridgehead atoms. The van der Waals surface area contributed by atoms with Crippen molar-refractivity contribution in [3.8, 4) is 45.8 Å². The van der Waals surface area contributed by atoms with Crippen LogP contribution in [0.4, 0.5) is 20.7 Å². The number of likely N-dealkylation sites (tertiary alicyclic amines) is 2. The van der Waals surface area contributed by atoms with E-state index in [9.17, 15) is 67.1 Å². The molecule has 0 unspecified atom stereocenters. The Kier molecular flexibility index (Phi) is 24.8. The van der Waals surface area contributed by atoms with Crippen LogP contribution in [0.5, 0.6) is 23.0 Å². The average molecular weight is 1610 g/mol. The number of carbonyl (C=O) groups excluding carboxylic acids is 8. The van der Waals surface area contributed by atoms with Crippen molar-refractivity contribution in [1.82, 2.24) is 56.0 Å². The number of rotatable bonds is 25. The summed E-state index contributed by atoms with van der Waals surface area (Å²) in [6, 6.07) is 9.11. The fourth-order valence-electron chi connectivity index (χ4n) is 14.6. The first-order chi connectivity index (χ1) is 52.7. The first-order valence-electron chi connectivity index (χ1n) is 37.2. The third-order valence-electron chi connectivity index (χ3n) is 21.1. The fraction of sp³-hybridized carbons (Fsp3) is 0.526. The van der Waals surface area contributed by atoms with Crippen molar-refractivity contribution in [2.45, 2.75) is 199 Å². The minimum absolute atomic E-state index is 0.0129. The fourth-order valence-corrected chi connectivity index (χ4v) is 17.8. The maximum absolute atomic E-state index is 14.6. The number of nitrogens with one attached hydrogen (secondary N) is 7. The lowest BCUT2D eigenvalue weighted by Gasteiger charge is -2.35. The molecule has 0 spiro atoms. The molecule has 2 saturated heterocycles. The number of nitrogens with zero attached hydrogens (tertiary/aromatic N) is 6. The van der Waals surface area contributed by atoms with Crippen molar-refractivity contribution in [2.75, 3.05) is 37.9 Å². The summed E-state index contributed by atoms with van der Waals surface area (Å²) < 4.78 is 60.7. The molecule has 2 aliphatic heterocycles. The quantitative estimate of drug-likeness (QED) is 0.0187. The van der Waals surface area contributed by atoms with Crippen LogP contribution in [0.15, 0.2) is 85.4 Å². The van der Waals surface area contributed by atoms with E-state index < -0.39 is 121 Å². The molecule has 4 aliphatic carbocycles. The molecular weight excluding hydrogens is 1510 g/mol. The summed E-state index contributed by atoms with van der Waals surface area (Å²) >= 11 is 1.24. The van der Waals surface area contributed by atoms with E-state index in [-0.39, 0.29) is 74.7 Å². The summed E-state index contributed by atoms with van der Waals surface area (Å²) in [5, 5.41) is 15.7. The normalized spacial score (nSPS) is 23.0. The predicted molar refractivity (Wildman–Crippen MR) is 415 cm³/mol. The Morgan fingerprint density at radius 1 is 0.625 bits per heavy atom. The van der Waals surface area contributed by atoms with Gasteiger partial charge in [0.1, 0.15) is 87.8 Å². The topological polar surface area (TPSA) is 453 Å². The van der Waals surface area contributed by atoms with Crippen molar-refractivity contribution >= 4 is 107 Å². The van der Waals surface area contributed by atoms with Gasteiger partial charge in [-0.3, -0.25) is 43.2 Å². The lowest BCUT2D eigenvalue weighted by molar-refractivity contribution is -0.142. The molecule has 36 heteroatoms. The molecule has 604 valence electrons. The molecule has 8 amide bonds. The highest BCUT2D eigenvalue weighted by atomic mass is 32.1. The number of amides is 8. The van der Waals surface area contributed by atoms with Gasteiger partial charge in [-0.25, -0.2) is 29.5 Å². The highest BCUT2D eigenvalue weighted by Crippen LogP contribution is 2.68. The minimum Gasteiger partial charge on any atom is -0.497 e. The number of benzene rings is 2. The van der Waals surface area contributed by atoms with Gasteiger partial charge >= 0.3 is 27.4 Å². The highest BCUT2D eigenvalue weighted by molar-refractivity contribution is 7.54. The zero-order chi connectivity index (χ0) is 81.3. The third kappa shape index (κ3) is 18.7. The van der Waals surface area contributed by atoms with Gasteiger partial charge in [0.15, 0.2) is 5.13 Å². The Hall–Kier alpha value is -9.56. The zero-order valence-corrected chi connectivity index (χ0v) is 67.0. The SMILES string of the molecule is C=C[C@@H]1C[C@]1(NC(=O)[C@@H]1C[C@@H](Oc2cc(-c3cnc(NC(C)=O)[nH]3)nc3cc(OC)ccc23)CN1C(=O)[C@@H](NC(=O)OC1CCCC1)C(C)(C)C)P(=O)(O)O.C=C[C@@H]1C[C@]1(NC(=O)[C@@H]1C[C@@H](Oc2cc(-c3csc(NC(=O)C(C)C)n3)nc3cc(OC)ccc23)CN1C(=O)[C@@H](NC(=O)OC1CCCC1)C(C)(C)C)P(=O)(O)O. The van der Waals surface area contributed by atoms with Crippen LogP contribution in [-0.2, 0) is 47.4 Å². The second kappa shape index (κ2) is 33.2. The number of fused-ring (bicyclic) bond motifs is 2. The number of imidazole rings is 1. The minimum atomic E-state index is -4.85. The van der Waals surface area contributed by atoms with Crippen molar-refractivity contribution in [3.63, 3.8) is 0 Å². The number of thiazole rings is 1. The zero-order valence-electron chi connectivity index (χ0n) is 64.4. The maximum atomic E-state index is 14.6. The van der Waals surface area contributed by atoms with E-state index in [1.807, 2.05) is 0 Å². The molecule has 4 aromatic heterocycles. The van der Waals surface area contributed by atoms with Crippen LogP contribution < -0.4 is 50.8 Å². The number of alkyl carbamates (subject to hydrolysis) is 2. The maximum Gasteiger partial charge on any atom is 0.408 e. The lowest BCUT2D eigenvalue weighted by Crippen LogP contribution is -2.58. The second-order valence-electron chi connectivity index (χ2n) is 31.8. The van der Waals surface area contributed by atoms with E-state index in [2.05, 4.69) is 60.0 Å². The second-order valence-corrected chi connectivity index (χ2v) is 36.4. The van der Waals surface area contributed by atoms with Crippen LogP contribution in [0.1, 0.15) is 139 Å². The number of carbonyl (C=O) groups is 8. The average Bonchev–Trinajstić information content (AvgIpc) is 1.57. The Labute approximate surface area is 651 Å². The number of methoxy groups -OCH3 is 2. The standard InChI is InChI=1S/C39H51N6O10PS.C37H48N7O10P/c1-8-22-18-39(22,56(50,51)52)44-34(47)30-16-25(19-45(30)35(48)32(38(4,5)6)42-37(49)55-23-11-9-10-12-23)54-31-17-28(40-27-15-24(53-7)13-14-26(27)31)29-20-57-36(41-29)43-33(46)21(2)3;1-7-21-17-37(21,55(49,50)51)43-32(46)29-15-24(19-44(29)33(47)31(36(3,4)5)42-35(48)54-22-10-8-9-11-22)53-30-16-27(28-18-38-34(41-28)39-20(2)45)40-26-14-23(52-6)12-13-25(26)30/h8,13-15,17,20-23,25,30,32H,1,9-12,16,18-19H2,2-7H3,(H,42,49)(H,44,47)(H,41,43,46)(H2,50,51,52);7,12-14,16,18,21-22,24,29,31H,1,8-11,15,17,19H2,2-6H3,(H,42,48)(H,43,46)(H2,49,50,51)(H2,38,39,41,45)/t22-,25-,30+,32-,39+;21-,24-,29+,31-,37+/m11/s1. The summed E-state index contributed by atoms with van der Waals surface area (Å²) in [5.41, 5.74) is 1.11. The van der Waals surface area contributed by atoms with Crippen molar-refractivity contribution < 1.29 is 95.5 Å². The third-order valence-corrected chi connectivity index (χ3v) is 25.2. The molecule has 10 atom stereocenters. The van der Waals surface area contributed by atoms with Crippen molar-refractivity contribution in [2.24, 2.45) is 28.6 Å². The van der Waals surface area contributed by atoms with Gasteiger partial charge in [-0.1, -0.05) is 67.5 Å². The number of pyridine rings is 2. The monoisotopic (exact) mass is 1610 g/mol. The molecule has 33 nitrogen and oxygen atoms in total. The Morgan fingerprint density at radius 2 is 1.06 bits per heavy atom. The molecule has 6 fully saturated rings. The largest absolute Gasteiger partial charge is 0.497 e. The number of hydrogen-bond acceptors (Lipinski definition) is 21. The molecule has 112 heavy (non-hydrogen) atoms. The first-order valence-corrected chi connectivity index (χ1v) is 41.3. The molecule has 6 heterocycles. The molecule has 6 aromatic rings. The molecular formula is C76H99N13O20P2S. The number of hydrogen-bond donors (Lipinski definition) is 11. The molecule has 6 aliphatic rings. The summed E-state index contributed by atoms with van der Waals surface area (Å²) in [7, 11) is -6.65. The van der Waals surface area contributed by atoms with E-state index in [0.717, 1.165) is 51.4 Å².